The van der Waals surface area contributed by atoms with E-state index in [1.807, 2.05) is 0 Å². The molecule has 2 unspecified atom stereocenters. The number of aliphatic carboxylic acids is 2. The molecule has 0 aromatic carbocycles. The lowest BCUT2D eigenvalue weighted by Crippen LogP contribution is -2.68. The number of nitrogen functional groups attached to an aromatic ring is 1. The Kier molecular flexibility index (Phi) is 7.64. The molecule has 13 nitrogen and oxygen atoms in total. The van der Waals surface area contributed by atoms with Crippen LogP contribution < -0.4 is 16.4 Å². The van der Waals surface area contributed by atoms with Gasteiger partial charge in [-0.15, -0.1) is 34.9 Å². The minimum atomic E-state index is -1.73. The number of fused-ring (bicyclic) bond motifs is 1. The standard InChI is InChI=1S/C18H24N6O7S3/c1-17(2,14(27)28)31-23-9(8-6-32-16(19)21-8)11(25)22-10-12(26)24-7-18(15(29)30,34-13(10)24)33-5-4-20-3/h6,10,13,20H,4-5,7H2,1-3H3,(H2,19,21)(H,22,25)(H,27,28)(H,29,30)/b23-9-/t10?,13-,18?/m1/s1. The van der Waals surface area contributed by atoms with Crippen LogP contribution in [-0.4, -0.2) is 96.5 Å². The summed E-state index contributed by atoms with van der Waals surface area (Å²) < 4.78 is -1.24. The van der Waals surface area contributed by atoms with Gasteiger partial charge in [0.15, 0.2) is 14.9 Å². The van der Waals surface area contributed by atoms with Gasteiger partial charge >= 0.3 is 11.9 Å². The van der Waals surface area contributed by atoms with Crippen LogP contribution in [0.5, 0.6) is 0 Å². The molecule has 3 rings (SSSR count). The van der Waals surface area contributed by atoms with Gasteiger partial charge in [-0.2, -0.15) is 0 Å². The lowest BCUT2D eigenvalue weighted by molar-refractivity contribution is -0.161. The Bertz CT molecular complexity index is 1030. The molecule has 2 aliphatic heterocycles. The van der Waals surface area contributed by atoms with Crippen molar-refractivity contribution in [2.24, 2.45) is 5.16 Å². The maximum atomic E-state index is 13.0. The number of nitrogens with two attached hydrogens (primary N) is 1. The maximum absolute atomic E-state index is 13.0. The van der Waals surface area contributed by atoms with Gasteiger partial charge in [0, 0.05) is 17.7 Å². The molecule has 1 aromatic rings. The van der Waals surface area contributed by atoms with Gasteiger partial charge in [0.2, 0.25) is 11.5 Å². The van der Waals surface area contributed by atoms with Gasteiger partial charge in [-0.25, -0.2) is 14.6 Å². The highest BCUT2D eigenvalue weighted by molar-refractivity contribution is 8.20. The van der Waals surface area contributed by atoms with Crippen molar-refractivity contribution < 1.29 is 34.2 Å². The summed E-state index contributed by atoms with van der Waals surface area (Å²) in [5, 5.41) is 29.3. The highest BCUT2D eigenvalue weighted by atomic mass is 32.2. The summed E-state index contributed by atoms with van der Waals surface area (Å²) in [6.07, 6.45) is 0. The fraction of sp³-hybridized carbons (Fsp3) is 0.556. The molecule has 0 bridgehead atoms. The zero-order chi connectivity index (χ0) is 25.3. The fourth-order valence-electron chi connectivity index (χ4n) is 3.00. The second-order valence-corrected chi connectivity index (χ2v) is 11.8. The van der Waals surface area contributed by atoms with Crippen molar-refractivity contribution in [3.63, 3.8) is 0 Å². The van der Waals surface area contributed by atoms with Crippen molar-refractivity contribution in [2.75, 3.05) is 31.6 Å². The van der Waals surface area contributed by atoms with Gasteiger partial charge in [-0.1, -0.05) is 5.16 Å². The van der Waals surface area contributed by atoms with Gasteiger partial charge in [-0.3, -0.25) is 9.59 Å². The fourth-order valence-corrected chi connectivity index (χ4v) is 6.69. The number of β-lactam (4-membered cyclic amide) rings is 1. The highest BCUT2D eigenvalue weighted by Gasteiger charge is 2.62. The molecule has 16 heteroatoms. The zero-order valence-electron chi connectivity index (χ0n) is 18.4. The van der Waals surface area contributed by atoms with Crippen LogP contribution in [0.25, 0.3) is 0 Å². The van der Waals surface area contributed by atoms with Crippen LogP contribution >= 0.6 is 34.9 Å². The molecule has 2 fully saturated rings. The molecule has 6 N–H and O–H groups in total. The molecule has 2 aliphatic rings. The molecule has 0 radical (unpaired) electrons. The number of thiazole rings is 1. The number of hydrogen-bond acceptors (Lipinski definition) is 12. The van der Waals surface area contributed by atoms with Crippen LogP contribution in [0.2, 0.25) is 0 Å². The summed E-state index contributed by atoms with van der Waals surface area (Å²) in [6, 6.07) is -0.989. The van der Waals surface area contributed by atoms with E-state index in [4.69, 9.17) is 10.6 Å². The number of nitrogens with zero attached hydrogens (tertiary/aromatic N) is 3. The minimum Gasteiger partial charge on any atom is -0.480 e. The SMILES string of the molecule is CNCCSC1(C(=O)O)CN2C(=O)C(NC(=O)/C(=N\OC(C)(C)C(=O)O)c3csc(N)n3)[C@H]2S1. The first-order valence-electron chi connectivity index (χ1n) is 9.94. The molecule has 0 spiro atoms. The number of oxime groups is 1. The van der Waals surface area contributed by atoms with Gasteiger partial charge in [0.25, 0.3) is 5.91 Å². The number of amides is 2. The molecule has 34 heavy (non-hydrogen) atoms. The van der Waals surface area contributed by atoms with Gasteiger partial charge in [0.1, 0.15) is 17.1 Å². The Morgan fingerprint density at radius 3 is 2.71 bits per heavy atom. The Morgan fingerprint density at radius 2 is 2.15 bits per heavy atom. The average molecular weight is 533 g/mol. The number of carboxylic acids is 2. The van der Waals surface area contributed by atoms with Crippen molar-refractivity contribution in [1.82, 2.24) is 20.5 Å². The van der Waals surface area contributed by atoms with E-state index >= 15 is 0 Å². The highest BCUT2D eigenvalue weighted by Crippen LogP contribution is 2.52. The quantitative estimate of drug-likeness (QED) is 0.106. The second-order valence-electron chi connectivity index (χ2n) is 7.85. The average Bonchev–Trinajstić information content (AvgIpc) is 3.35. The van der Waals surface area contributed by atoms with Crippen LogP contribution in [0.3, 0.4) is 0 Å². The number of anilines is 1. The van der Waals surface area contributed by atoms with E-state index in [2.05, 4.69) is 20.8 Å². The third-order valence-corrected chi connectivity index (χ3v) is 8.94. The number of thioether (sulfide) groups is 2. The van der Waals surface area contributed by atoms with E-state index in [9.17, 15) is 29.4 Å². The molecular weight excluding hydrogens is 508 g/mol. The maximum Gasteiger partial charge on any atom is 0.350 e. The van der Waals surface area contributed by atoms with Crippen LogP contribution in [0.4, 0.5) is 5.13 Å². The second kappa shape index (κ2) is 9.97. The lowest BCUT2D eigenvalue weighted by Gasteiger charge is -2.41. The van der Waals surface area contributed by atoms with E-state index in [1.165, 1.54) is 35.9 Å². The molecule has 0 saturated carbocycles. The number of rotatable bonds is 11. The number of aromatic nitrogens is 1. The molecular formula is C18H24N6O7S3. The number of carbonyl (C=O) groups is 4. The summed E-state index contributed by atoms with van der Waals surface area (Å²) >= 11 is 3.36. The first-order valence-corrected chi connectivity index (χ1v) is 12.7. The van der Waals surface area contributed by atoms with E-state index in [-0.39, 0.29) is 23.1 Å². The van der Waals surface area contributed by atoms with Gasteiger partial charge in [-0.05, 0) is 20.9 Å². The predicted octanol–water partition coefficient (Wildman–Crippen LogP) is -0.557. The molecule has 0 aliphatic carbocycles. The van der Waals surface area contributed by atoms with E-state index in [1.54, 1.807) is 7.05 Å². The molecule has 1 aromatic heterocycles. The normalized spacial score (nSPS) is 24.4. The summed E-state index contributed by atoms with van der Waals surface area (Å²) in [5.41, 5.74) is 3.60. The van der Waals surface area contributed by atoms with Crippen molar-refractivity contribution in [1.29, 1.82) is 0 Å². The third kappa shape index (κ3) is 5.08. The van der Waals surface area contributed by atoms with Crippen molar-refractivity contribution in [2.45, 2.75) is 34.9 Å². The molecule has 2 amide bonds. The molecule has 3 atom stereocenters. The largest absolute Gasteiger partial charge is 0.480 e. The van der Waals surface area contributed by atoms with Crippen LogP contribution in [0.15, 0.2) is 10.5 Å². The van der Waals surface area contributed by atoms with Crippen molar-refractivity contribution >= 4 is 69.5 Å². The number of nitrogens with one attached hydrogen (secondary N) is 2. The molecule has 2 saturated heterocycles. The zero-order valence-corrected chi connectivity index (χ0v) is 20.9. The Balaban J connectivity index is 1.78. The summed E-state index contributed by atoms with van der Waals surface area (Å²) in [6.45, 7) is 3.12. The first kappa shape index (κ1) is 26.1. The van der Waals surface area contributed by atoms with Gasteiger partial charge in [0.05, 0.1) is 6.54 Å². The molecule has 186 valence electrons. The first-order chi connectivity index (χ1) is 15.9. The predicted molar refractivity (Wildman–Crippen MR) is 128 cm³/mol. The van der Waals surface area contributed by atoms with Gasteiger partial charge < -0.3 is 36.3 Å². The number of carbonyl (C=O) groups excluding carboxylic acids is 2. The summed E-state index contributed by atoms with van der Waals surface area (Å²) in [5.74, 6) is -3.08. The topological polar surface area (TPSA) is 197 Å². The molecule has 3 heterocycles. The minimum absolute atomic E-state index is 0.0106. The van der Waals surface area contributed by atoms with E-state index < -0.39 is 44.8 Å². The van der Waals surface area contributed by atoms with Crippen molar-refractivity contribution in [3.8, 4) is 0 Å². The van der Waals surface area contributed by atoms with Crippen LogP contribution in [0, 0.1) is 0 Å². The van der Waals surface area contributed by atoms with E-state index in [0.717, 1.165) is 23.1 Å². The monoisotopic (exact) mass is 532 g/mol. The Labute approximate surface area is 206 Å². The number of carboxylic acid groups (broad SMARTS) is 2. The van der Waals surface area contributed by atoms with E-state index in [0.29, 0.717) is 12.3 Å². The number of hydrogen-bond donors (Lipinski definition) is 5. The summed E-state index contributed by atoms with van der Waals surface area (Å²) in [7, 11) is 1.76. The lowest BCUT2D eigenvalue weighted by atomic mass is 10.1. The smallest absolute Gasteiger partial charge is 0.350 e. The summed E-state index contributed by atoms with van der Waals surface area (Å²) in [4.78, 5) is 59.5. The third-order valence-electron chi connectivity index (χ3n) is 4.99. The van der Waals surface area contributed by atoms with Crippen molar-refractivity contribution in [3.05, 3.63) is 11.1 Å². The Hall–Kier alpha value is -2.56. The Morgan fingerprint density at radius 1 is 1.44 bits per heavy atom. The van der Waals surface area contributed by atoms with Crippen LogP contribution in [-0.2, 0) is 24.0 Å². The van der Waals surface area contributed by atoms with Crippen LogP contribution in [0.1, 0.15) is 19.5 Å².